The summed E-state index contributed by atoms with van der Waals surface area (Å²) < 4.78 is 75.1. The van der Waals surface area contributed by atoms with Gasteiger partial charge in [0.15, 0.2) is 5.96 Å². The van der Waals surface area contributed by atoms with Gasteiger partial charge in [-0.1, -0.05) is 0 Å². The van der Waals surface area contributed by atoms with Crippen molar-refractivity contribution in [3.63, 3.8) is 0 Å². The quantitative estimate of drug-likeness (QED) is 0.285. The number of halogens is 6. The molecule has 0 aromatic carbocycles. The minimum absolute atomic E-state index is 0.154. The first-order valence-corrected chi connectivity index (χ1v) is 8.47. The topological polar surface area (TPSA) is 77.5 Å². The Bertz CT molecular complexity index is 661. The zero-order chi connectivity index (χ0) is 20.8. The van der Waals surface area contributed by atoms with Crippen molar-refractivity contribution < 1.29 is 26.3 Å². The van der Waals surface area contributed by atoms with Crippen LogP contribution in [0.2, 0.25) is 0 Å². The molecule has 158 valence electrons. The van der Waals surface area contributed by atoms with E-state index in [1.165, 1.54) is 11.9 Å². The second kappa shape index (κ2) is 9.26. The monoisotopic (exact) mass is 413 g/mol. The molecule has 1 fully saturated rings. The van der Waals surface area contributed by atoms with E-state index in [0.717, 1.165) is 12.3 Å². The molecule has 0 spiro atoms. The lowest BCUT2D eigenvalue weighted by molar-refractivity contribution is -0.143. The summed E-state index contributed by atoms with van der Waals surface area (Å²) in [5.74, 6) is 0.240. The molecule has 2 heterocycles. The molecule has 0 aliphatic carbocycles. The zero-order valence-electron chi connectivity index (χ0n) is 15.0. The molecule has 1 aliphatic rings. The molecule has 1 atom stereocenters. The lowest BCUT2D eigenvalue weighted by Gasteiger charge is -2.19. The van der Waals surface area contributed by atoms with Crippen LogP contribution < -0.4 is 16.0 Å². The lowest BCUT2D eigenvalue weighted by Crippen LogP contribution is -2.46. The van der Waals surface area contributed by atoms with Crippen LogP contribution in [-0.4, -0.2) is 72.8 Å². The Labute approximate surface area is 157 Å². The van der Waals surface area contributed by atoms with Crippen LogP contribution in [-0.2, 0) is 6.18 Å². The van der Waals surface area contributed by atoms with Gasteiger partial charge in [0.25, 0.3) is 0 Å². The van der Waals surface area contributed by atoms with Crippen molar-refractivity contribution in [2.45, 2.75) is 24.8 Å². The largest absolute Gasteiger partial charge is 0.433 e. The van der Waals surface area contributed by atoms with Gasteiger partial charge in [0.1, 0.15) is 5.69 Å². The third-order valence-corrected chi connectivity index (χ3v) is 3.89. The van der Waals surface area contributed by atoms with Crippen LogP contribution in [0.1, 0.15) is 12.1 Å². The number of likely N-dealkylation sites (tertiary alicyclic amines) is 1. The molecule has 0 bridgehead atoms. The fourth-order valence-corrected chi connectivity index (χ4v) is 2.69. The molecule has 3 N–H and O–H groups in total. The van der Waals surface area contributed by atoms with Crippen LogP contribution in [0.4, 0.5) is 32.3 Å². The Morgan fingerprint density at radius 1 is 1.25 bits per heavy atom. The number of guanidine groups is 1. The Morgan fingerprint density at radius 3 is 2.64 bits per heavy atom. The van der Waals surface area contributed by atoms with Crippen molar-refractivity contribution in [1.82, 2.24) is 25.5 Å². The fraction of sp³-hybridized carbons (Fsp3) is 0.667. The van der Waals surface area contributed by atoms with Crippen LogP contribution >= 0.6 is 0 Å². The Kier molecular flexibility index (Phi) is 7.27. The van der Waals surface area contributed by atoms with Crippen molar-refractivity contribution in [3.05, 3.63) is 18.0 Å². The Morgan fingerprint density at radius 2 is 2.00 bits per heavy atom. The highest BCUT2D eigenvalue weighted by Crippen LogP contribution is 2.27. The molecule has 1 aromatic rings. The molecule has 1 unspecified atom stereocenters. The van der Waals surface area contributed by atoms with Gasteiger partial charge in [-0.2, -0.15) is 26.3 Å². The molecular formula is C15H21F6N7. The van der Waals surface area contributed by atoms with Gasteiger partial charge in [0, 0.05) is 45.5 Å². The molecular weight excluding hydrogens is 392 g/mol. The average Bonchev–Trinajstić information content (AvgIpc) is 3.02. The summed E-state index contributed by atoms with van der Waals surface area (Å²) in [6, 6.07) is 0.604. The highest BCUT2D eigenvalue weighted by atomic mass is 19.4. The van der Waals surface area contributed by atoms with Gasteiger partial charge in [-0.15, -0.1) is 0 Å². The summed E-state index contributed by atoms with van der Waals surface area (Å²) in [4.78, 5) is 12.4. The molecule has 0 saturated carbocycles. The van der Waals surface area contributed by atoms with Gasteiger partial charge in [0.2, 0.25) is 5.95 Å². The molecule has 28 heavy (non-hydrogen) atoms. The second-order valence-electron chi connectivity index (χ2n) is 6.17. The molecule has 7 nitrogen and oxygen atoms in total. The van der Waals surface area contributed by atoms with Crippen molar-refractivity contribution in [2.24, 2.45) is 4.99 Å². The number of rotatable bonds is 6. The number of nitrogens with zero attached hydrogens (tertiary/aromatic N) is 4. The Balaban J connectivity index is 1.72. The predicted octanol–water partition coefficient (Wildman–Crippen LogP) is 1.71. The van der Waals surface area contributed by atoms with Crippen LogP contribution in [0, 0.1) is 0 Å². The molecule has 1 aliphatic heterocycles. The fourth-order valence-electron chi connectivity index (χ4n) is 2.69. The number of aliphatic imine (C=N–C) groups is 1. The maximum Gasteiger partial charge on any atom is 0.433 e. The smallest absolute Gasteiger partial charge is 0.355 e. The number of hydrogen-bond acceptors (Lipinski definition) is 5. The first-order valence-electron chi connectivity index (χ1n) is 8.47. The minimum atomic E-state index is -4.55. The first kappa shape index (κ1) is 22.0. The van der Waals surface area contributed by atoms with E-state index in [1.54, 1.807) is 0 Å². The van der Waals surface area contributed by atoms with Gasteiger partial charge < -0.3 is 16.0 Å². The highest BCUT2D eigenvalue weighted by Gasteiger charge is 2.34. The predicted molar refractivity (Wildman–Crippen MR) is 90.9 cm³/mol. The molecule has 1 saturated heterocycles. The van der Waals surface area contributed by atoms with E-state index in [9.17, 15) is 26.3 Å². The summed E-state index contributed by atoms with van der Waals surface area (Å²) in [6.45, 7) is 0.141. The van der Waals surface area contributed by atoms with Crippen LogP contribution in [0.15, 0.2) is 17.3 Å². The first-order chi connectivity index (χ1) is 13.1. The summed E-state index contributed by atoms with van der Waals surface area (Å²) in [5.41, 5.74) is -1.04. The second-order valence-corrected chi connectivity index (χ2v) is 6.17. The normalized spacial score (nSPS) is 19.0. The maximum atomic E-state index is 12.6. The minimum Gasteiger partial charge on any atom is -0.355 e. The van der Waals surface area contributed by atoms with Crippen molar-refractivity contribution in [1.29, 1.82) is 0 Å². The van der Waals surface area contributed by atoms with E-state index in [4.69, 9.17) is 0 Å². The van der Waals surface area contributed by atoms with E-state index in [0.29, 0.717) is 18.9 Å². The molecule has 0 radical (unpaired) electrons. The van der Waals surface area contributed by atoms with Gasteiger partial charge in [-0.3, -0.25) is 9.89 Å². The molecule has 2 rings (SSSR count). The Hall–Kier alpha value is -2.31. The SMILES string of the molecule is CN=C(NCCNc1nccc(C(F)(F)F)n1)NC1CCN(CC(F)(F)F)C1. The number of nitrogens with one attached hydrogen (secondary N) is 3. The van der Waals surface area contributed by atoms with E-state index < -0.39 is 24.6 Å². The van der Waals surface area contributed by atoms with Crippen LogP contribution in [0.3, 0.4) is 0 Å². The van der Waals surface area contributed by atoms with E-state index in [2.05, 4.69) is 30.9 Å². The molecule has 1 aromatic heterocycles. The summed E-state index contributed by atoms with van der Waals surface area (Å²) in [6.07, 6.45) is -7.22. The van der Waals surface area contributed by atoms with E-state index in [1.807, 2.05) is 0 Å². The van der Waals surface area contributed by atoms with Crippen LogP contribution in [0.25, 0.3) is 0 Å². The van der Waals surface area contributed by atoms with Gasteiger partial charge in [-0.25, -0.2) is 9.97 Å². The molecule has 13 heteroatoms. The lowest BCUT2D eigenvalue weighted by atomic mass is 10.3. The average molecular weight is 413 g/mol. The van der Waals surface area contributed by atoms with Gasteiger partial charge in [-0.05, 0) is 12.5 Å². The van der Waals surface area contributed by atoms with Gasteiger partial charge in [0.05, 0.1) is 6.54 Å². The third-order valence-electron chi connectivity index (χ3n) is 3.89. The summed E-state index contributed by atoms with van der Waals surface area (Å²) in [5, 5.41) is 8.63. The zero-order valence-corrected chi connectivity index (χ0v) is 15.0. The maximum absolute atomic E-state index is 12.6. The van der Waals surface area contributed by atoms with Crippen LogP contribution in [0.5, 0.6) is 0 Å². The number of aromatic nitrogens is 2. The summed E-state index contributed by atoms with van der Waals surface area (Å²) in [7, 11) is 1.51. The summed E-state index contributed by atoms with van der Waals surface area (Å²) >= 11 is 0. The van der Waals surface area contributed by atoms with Crippen molar-refractivity contribution in [3.8, 4) is 0 Å². The number of hydrogen-bond donors (Lipinski definition) is 3. The van der Waals surface area contributed by atoms with Crippen molar-refractivity contribution in [2.75, 3.05) is 45.1 Å². The van der Waals surface area contributed by atoms with E-state index in [-0.39, 0.29) is 31.6 Å². The number of alkyl halides is 6. The van der Waals surface area contributed by atoms with Gasteiger partial charge >= 0.3 is 12.4 Å². The van der Waals surface area contributed by atoms with E-state index >= 15 is 0 Å². The molecule has 0 amide bonds. The standard InChI is InChI=1S/C15H21F6N7/c1-22-12(26-10-3-7-28(8-10)9-14(16,17)18)24-5-6-25-13-23-4-2-11(27-13)15(19,20)21/h2,4,10H,3,5-9H2,1H3,(H2,22,24,26)(H,23,25,27). The number of anilines is 1. The highest BCUT2D eigenvalue weighted by molar-refractivity contribution is 5.80. The third kappa shape index (κ3) is 7.37. The van der Waals surface area contributed by atoms with Crippen molar-refractivity contribution >= 4 is 11.9 Å².